The quantitative estimate of drug-likeness (QED) is 0.809. The first-order valence-corrected chi connectivity index (χ1v) is 7.12. The lowest BCUT2D eigenvalue weighted by molar-refractivity contribution is 0.00649. The molecule has 0 bridgehead atoms. The van der Waals surface area contributed by atoms with Crippen LogP contribution >= 0.6 is 11.6 Å². The van der Waals surface area contributed by atoms with Gasteiger partial charge < -0.3 is 9.30 Å². The average molecular weight is 301 g/mol. The number of methoxy groups -OCH3 is 1. The second kappa shape index (κ2) is 5.30. The highest BCUT2D eigenvalue weighted by Gasteiger charge is 2.34. The molecule has 1 fully saturated rings. The summed E-state index contributed by atoms with van der Waals surface area (Å²) in [6.07, 6.45) is 2.28. The van der Waals surface area contributed by atoms with Gasteiger partial charge in [-0.25, -0.2) is 13.8 Å². The topological polar surface area (TPSA) is 27.1 Å². The molecule has 1 aliphatic carbocycles. The van der Waals surface area contributed by atoms with Gasteiger partial charge in [-0.1, -0.05) is 0 Å². The fourth-order valence-electron chi connectivity index (χ4n) is 2.77. The molecule has 3 nitrogen and oxygen atoms in total. The van der Waals surface area contributed by atoms with Crippen molar-refractivity contribution >= 4 is 22.6 Å². The molecule has 20 heavy (non-hydrogen) atoms. The number of hydrogen-bond donors (Lipinski definition) is 0. The van der Waals surface area contributed by atoms with Crippen molar-refractivity contribution in [2.75, 3.05) is 13.0 Å². The molecule has 1 aromatic carbocycles. The van der Waals surface area contributed by atoms with Crippen molar-refractivity contribution in [1.29, 1.82) is 0 Å². The summed E-state index contributed by atoms with van der Waals surface area (Å²) in [7, 11) is 1.66. The first-order valence-electron chi connectivity index (χ1n) is 6.59. The number of alkyl halides is 1. The van der Waals surface area contributed by atoms with E-state index in [9.17, 15) is 8.78 Å². The maximum atomic E-state index is 14.1. The van der Waals surface area contributed by atoms with Crippen LogP contribution < -0.4 is 0 Å². The SMILES string of the molecule is COC1CC(n2c(CCCl)nc3ccc(F)c(F)c32)C1. The van der Waals surface area contributed by atoms with Gasteiger partial charge >= 0.3 is 0 Å². The van der Waals surface area contributed by atoms with E-state index < -0.39 is 11.6 Å². The highest BCUT2D eigenvalue weighted by Crippen LogP contribution is 2.38. The summed E-state index contributed by atoms with van der Waals surface area (Å²) < 4.78 is 34.6. The summed E-state index contributed by atoms with van der Waals surface area (Å²) in [4.78, 5) is 4.39. The van der Waals surface area contributed by atoms with Crippen molar-refractivity contribution in [3.8, 4) is 0 Å². The summed E-state index contributed by atoms with van der Waals surface area (Å²) in [6.45, 7) is 0. The van der Waals surface area contributed by atoms with Crippen molar-refractivity contribution in [3.63, 3.8) is 0 Å². The Kier molecular flexibility index (Phi) is 3.65. The first-order chi connectivity index (χ1) is 9.65. The number of fused-ring (bicyclic) bond motifs is 1. The standard InChI is InChI=1S/C14H15ClF2N2O/c1-20-9-6-8(7-9)19-12(4-5-15)18-11-3-2-10(16)13(17)14(11)19/h2-3,8-9H,4-7H2,1H3. The molecule has 1 aliphatic rings. The van der Waals surface area contributed by atoms with E-state index >= 15 is 0 Å². The van der Waals surface area contributed by atoms with Gasteiger partial charge in [0.1, 0.15) is 11.3 Å². The molecule has 3 rings (SSSR count). The van der Waals surface area contributed by atoms with E-state index in [4.69, 9.17) is 16.3 Å². The number of rotatable bonds is 4. The molecule has 1 aromatic heterocycles. The zero-order valence-corrected chi connectivity index (χ0v) is 11.8. The predicted molar refractivity (Wildman–Crippen MR) is 73.1 cm³/mol. The summed E-state index contributed by atoms with van der Waals surface area (Å²) in [6, 6.07) is 2.71. The third-order valence-electron chi connectivity index (χ3n) is 3.90. The molecule has 0 aliphatic heterocycles. The van der Waals surface area contributed by atoms with E-state index in [0.29, 0.717) is 23.6 Å². The Bertz CT molecular complexity index is 638. The van der Waals surface area contributed by atoms with E-state index in [0.717, 1.165) is 18.9 Å². The van der Waals surface area contributed by atoms with Crippen LogP contribution in [0.3, 0.4) is 0 Å². The highest BCUT2D eigenvalue weighted by atomic mass is 35.5. The van der Waals surface area contributed by atoms with Crippen LogP contribution in [0.5, 0.6) is 0 Å². The van der Waals surface area contributed by atoms with E-state index in [2.05, 4.69) is 4.98 Å². The fourth-order valence-corrected chi connectivity index (χ4v) is 2.94. The van der Waals surface area contributed by atoms with Gasteiger partial charge in [-0.3, -0.25) is 0 Å². The Labute approximate surface area is 120 Å². The second-order valence-electron chi connectivity index (χ2n) is 5.05. The molecule has 1 heterocycles. The van der Waals surface area contributed by atoms with Crippen LogP contribution in [-0.4, -0.2) is 28.6 Å². The summed E-state index contributed by atoms with van der Waals surface area (Å²) in [5.74, 6) is -0.581. The molecule has 1 saturated carbocycles. The van der Waals surface area contributed by atoms with Crippen LogP contribution in [0, 0.1) is 11.6 Å². The molecule has 2 aromatic rings. The molecule has 6 heteroatoms. The minimum absolute atomic E-state index is 0.0967. The average Bonchev–Trinajstić information content (AvgIpc) is 2.73. The van der Waals surface area contributed by atoms with Crippen LogP contribution in [-0.2, 0) is 11.2 Å². The number of imidazole rings is 1. The number of aromatic nitrogens is 2. The monoisotopic (exact) mass is 300 g/mol. The summed E-state index contributed by atoms with van der Waals surface area (Å²) >= 11 is 5.78. The highest BCUT2D eigenvalue weighted by molar-refractivity contribution is 6.17. The van der Waals surface area contributed by atoms with Gasteiger partial charge in [-0.2, -0.15) is 0 Å². The number of nitrogens with zero attached hydrogens (tertiary/aromatic N) is 2. The minimum Gasteiger partial charge on any atom is -0.381 e. The lowest BCUT2D eigenvalue weighted by Gasteiger charge is -2.36. The number of aryl methyl sites for hydroxylation is 1. The lowest BCUT2D eigenvalue weighted by Crippen LogP contribution is -2.33. The molecule has 0 amide bonds. The van der Waals surface area contributed by atoms with E-state index in [1.165, 1.54) is 6.07 Å². The zero-order valence-electron chi connectivity index (χ0n) is 11.1. The normalized spacial score (nSPS) is 22.2. The Hall–Kier alpha value is -1.20. The molecule has 0 atom stereocenters. The maximum absolute atomic E-state index is 14.1. The van der Waals surface area contributed by atoms with E-state index in [1.54, 1.807) is 11.7 Å². The molecular weight excluding hydrogens is 286 g/mol. The Morgan fingerprint density at radius 2 is 2.15 bits per heavy atom. The van der Waals surface area contributed by atoms with Gasteiger partial charge in [0.05, 0.1) is 11.6 Å². The number of benzene rings is 1. The second-order valence-corrected chi connectivity index (χ2v) is 5.43. The number of ether oxygens (including phenoxy) is 1. The van der Waals surface area contributed by atoms with Crippen LogP contribution in [0.2, 0.25) is 0 Å². The van der Waals surface area contributed by atoms with Gasteiger partial charge in [0.15, 0.2) is 11.6 Å². The van der Waals surface area contributed by atoms with Crippen LogP contribution in [0.25, 0.3) is 11.0 Å². The molecule has 0 unspecified atom stereocenters. The maximum Gasteiger partial charge on any atom is 0.184 e. The molecule has 108 valence electrons. The smallest absolute Gasteiger partial charge is 0.184 e. The first kappa shape index (κ1) is 13.8. The zero-order chi connectivity index (χ0) is 14.3. The van der Waals surface area contributed by atoms with Gasteiger partial charge in [0, 0.05) is 25.5 Å². The van der Waals surface area contributed by atoms with Gasteiger partial charge in [-0.05, 0) is 25.0 Å². The van der Waals surface area contributed by atoms with Gasteiger partial charge in [0.25, 0.3) is 0 Å². The third-order valence-corrected chi connectivity index (χ3v) is 4.09. The minimum atomic E-state index is -0.848. The molecule has 0 spiro atoms. The molecule has 0 saturated heterocycles. The van der Waals surface area contributed by atoms with Crippen molar-refractivity contribution in [1.82, 2.24) is 9.55 Å². The number of halogens is 3. The van der Waals surface area contributed by atoms with Crippen molar-refractivity contribution in [2.45, 2.75) is 31.4 Å². The largest absolute Gasteiger partial charge is 0.381 e. The Morgan fingerprint density at radius 3 is 2.80 bits per heavy atom. The lowest BCUT2D eigenvalue weighted by atomic mass is 9.88. The summed E-state index contributed by atoms with van der Waals surface area (Å²) in [5, 5.41) is 0. The molecule has 0 radical (unpaired) electrons. The van der Waals surface area contributed by atoms with Gasteiger partial charge in [-0.15, -0.1) is 11.6 Å². The fraction of sp³-hybridized carbons (Fsp3) is 0.500. The third kappa shape index (κ3) is 2.09. The van der Waals surface area contributed by atoms with Crippen LogP contribution in [0.1, 0.15) is 24.7 Å². The predicted octanol–water partition coefficient (Wildman–Crippen LogP) is 3.45. The van der Waals surface area contributed by atoms with Gasteiger partial charge in [0.2, 0.25) is 0 Å². The molecular formula is C14H15ClF2N2O. The summed E-state index contributed by atoms with van der Waals surface area (Å²) in [5.41, 5.74) is 0.717. The Morgan fingerprint density at radius 1 is 1.40 bits per heavy atom. The van der Waals surface area contributed by atoms with E-state index in [-0.39, 0.29) is 17.7 Å². The Balaban J connectivity index is 2.11. The van der Waals surface area contributed by atoms with E-state index in [1.807, 2.05) is 0 Å². The molecule has 0 N–H and O–H groups in total. The van der Waals surface area contributed by atoms with Crippen molar-refractivity contribution < 1.29 is 13.5 Å². The van der Waals surface area contributed by atoms with Crippen LogP contribution in [0.4, 0.5) is 8.78 Å². The van der Waals surface area contributed by atoms with Crippen LogP contribution in [0.15, 0.2) is 12.1 Å². The van der Waals surface area contributed by atoms with Crippen molar-refractivity contribution in [2.24, 2.45) is 0 Å². The van der Waals surface area contributed by atoms with Crippen molar-refractivity contribution in [3.05, 3.63) is 29.6 Å². The number of hydrogen-bond acceptors (Lipinski definition) is 2.